The minimum absolute atomic E-state index is 0.114. The summed E-state index contributed by atoms with van der Waals surface area (Å²) in [5.41, 5.74) is 0.494. The van der Waals surface area contributed by atoms with Gasteiger partial charge in [0.2, 0.25) is 15.9 Å². The summed E-state index contributed by atoms with van der Waals surface area (Å²) in [5.74, 6) is -0.870. The number of nitrogens with zero attached hydrogens (tertiary/aromatic N) is 1. The summed E-state index contributed by atoms with van der Waals surface area (Å²) in [5, 5.41) is 2.15. The Balaban J connectivity index is 1.34. The van der Waals surface area contributed by atoms with Crippen LogP contribution in [0.3, 0.4) is 0 Å². The second kappa shape index (κ2) is 12.0. The van der Waals surface area contributed by atoms with Crippen LogP contribution >= 0.6 is 11.6 Å². The van der Waals surface area contributed by atoms with Gasteiger partial charge in [-0.2, -0.15) is 13.2 Å². The van der Waals surface area contributed by atoms with Crippen molar-refractivity contribution >= 4 is 48.9 Å². The molecule has 0 atom stereocenters. The van der Waals surface area contributed by atoms with Gasteiger partial charge in [0.05, 0.1) is 21.2 Å². The normalized spacial score (nSPS) is 15.4. The van der Waals surface area contributed by atoms with Crippen molar-refractivity contribution in [2.24, 2.45) is 5.92 Å². The zero-order valence-electron chi connectivity index (χ0n) is 21.8. The molecule has 8 nitrogen and oxygen atoms in total. The van der Waals surface area contributed by atoms with E-state index in [1.807, 2.05) is 25.1 Å². The van der Waals surface area contributed by atoms with Crippen LogP contribution < -0.4 is 10.0 Å². The molecule has 2 N–H and O–H groups in total. The van der Waals surface area contributed by atoms with E-state index in [1.54, 1.807) is 6.07 Å². The molecular formula is C27H27ClF3N3O5S2. The maximum absolute atomic E-state index is 13.1. The maximum atomic E-state index is 13.1. The molecule has 0 aromatic heterocycles. The highest BCUT2D eigenvalue weighted by atomic mass is 35.5. The molecular weight excluding hydrogens is 603 g/mol. The second-order valence-corrected chi connectivity index (χ2v) is 13.8. The standard InChI is InChI=1S/C27H27ClF3N3O5S2/c1-18-3-2-4-19(15-18)17-40(36,37)34-13-11-20(12-14-34)26(35)32-21-5-8-23(9-6-21)41(38,39)33-22-7-10-25(28)24(16-22)27(29,30)31/h2-10,15-16,20,33H,11-14,17H2,1H3,(H,32,35). The molecule has 4 rings (SSSR count). The first-order chi connectivity index (χ1) is 19.1. The van der Waals surface area contributed by atoms with Gasteiger partial charge >= 0.3 is 6.18 Å². The van der Waals surface area contributed by atoms with Crippen LogP contribution in [0.4, 0.5) is 24.5 Å². The molecule has 1 saturated heterocycles. The molecule has 1 fully saturated rings. The molecule has 3 aromatic carbocycles. The third kappa shape index (κ3) is 7.79. The van der Waals surface area contributed by atoms with E-state index in [4.69, 9.17) is 11.6 Å². The zero-order chi connectivity index (χ0) is 30.0. The number of benzene rings is 3. The van der Waals surface area contributed by atoms with E-state index < -0.39 is 42.7 Å². The zero-order valence-corrected chi connectivity index (χ0v) is 24.2. The Morgan fingerprint density at radius 1 is 0.951 bits per heavy atom. The summed E-state index contributed by atoms with van der Waals surface area (Å²) in [7, 11) is -7.77. The van der Waals surface area contributed by atoms with Gasteiger partial charge < -0.3 is 5.32 Å². The Hall–Kier alpha value is -3.13. The number of hydrogen-bond donors (Lipinski definition) is 2. The van der Waals surface area contributed by atoms with Crippen LogP contribution in [-0.2, 0) is 36.8 Å². The van der Waals surface area contributed by atoms with Gasteiger partial charge in [-0.15, -0.1) is 0 Å². The summed E-state index contributed by atoms with van der Waals surface area (Å²) in [6, 6.07) is 15.1. The van der Waals surface area contributed by atoms with E-state index in [9.17, 15) is 34.8 Å². The molecule has 0 aliphatic carbocycles. The Bertz CT molecular complexity index is 1640. The number of aryl methyl sites for hydroxylation is 1. The summed E-state index contributed by atoms with van der Waals surface area (Å²) >= 11 is 5.58. The second-order valence-electron chi connectivity index (χ2n) is 9.73. The summed E-state index contributed by atoms with van der Waals surface area (Å²) in [6.07, 6.45) is -4.10. The fourth-order valence-electron chi connectivity index (χ4n) is 4.48. The molecule has 1 amide bonds. The van der Waals surface area contributed by atoms with Crippen LogP contribution in [-0.4, -0.2) is 40.1 Å². The van der Waals surface area contributed by atoms with E-state index >= 15 is 0 Å². The van der Waals surface area contributed by atoms with Crippen LogP contribution in [0.15, 0.2) is 71.6 Å². The monoisotopic (exact) mass is 629 g/mol. The van der Waals surface area contributed by atoms with Crippen LogP contribution in [0.5, 0.6) is 0 Å². The van der Waals surface area contributed by atoms with Gasteiger partial charge in [0.15, 0.2) is 0 Å². The van der Waals surface area contributed by atoms with Gasteiger partial charge in [-0.25, -0.2) is 21.1 Å². The van der Waals surface area contributed by atoms with Gasteiger partial charge in [0, 0.05) is 30.4 Å². The predicted octanol–water partition coefficient (Wildman–Crippen LogP) is 5.65. The molecule has 1 aliphatic heterocycles. The number of carbonyl (C=O) groups is 1. The van der Waals surface area contributed by atoms with Crippen LogP contribution in [0, 0.1) is 12.8 Å². The average Bonchev–Trinajstić information content (AvgIpc) is 2.89. The fraction of sp³-hybridized carbons (Fsp3) is 0.296. The quantitative estimate of drug-likeness (QED) is 0.335. The summed E-state index contributed by atoms with van der Waals surface area (Å²) in [4.78, 5) is 12.6. The number of carbonyl (C=O) groups excluding carboxylic acids is 1. The number of sulfonamides is 2. The van der Waals surface area contributed by atoms with Crippen molar-refractivity contribution < 1.29 is 34.8 Å². The SMILES string of the molecule is Cc1cccc(CS(=O)(=O)N2CCC(C(=O)Nc3ccc(S(=O)(=O)Nc4ccc(Cl)c(C(F)(F)F)c4)cc3)CC2)c1. The lowest BCUT2D eigenvalue weighted by molar-refractivity contribution is -0.137. The van der Waals surface area contributed by atoms with Gasteiger partial charge in [-0.3, -0.25) is 9.52 Å². The molecule has 1 heterocycles. The lowest BCUT2D eigenvalue weighted by atomic mass is 9.97. The van der Waals surface area contributed by atoms with E-state index in [1.165, 1.54) is 28.6 Å². The molecule has 14 heteroatoms. The van der Waals surface area contributed by atoms with Crippen LogP contribution in [0.1, 0.15) is 29.5 Å². The molecule has 3 aromatic rings. The number of rotatable bonds is 8. The maximum Gasteiger partial charge on any atom is 0.417 e. The Morgan fingerprint density at radius 2 is 1.59 bits per heavy atom. The first-order valence-electron chi connectivity index (χ1n) is 12.5. The minimum Gasteiger partial charge on any atom is -0.326 e. The highest BCUT2D eigenvalue weighted by Crippen LogP contribution is 2.36. The van der Waals surface area contributed by atoms with Crippen molar-refractivity contribution in [1.29, 1.82) is 0 Å². The highest BCUT2D eigenvalue weighted by molar-refractivity contribution is 7.92. The minimum atomic E-state index is -4.76. The predicted molar refractivity (Wildman–Crippen MR) is 150 cm³/mol. The molecule has 0 bridgehead atoms. The van der Waals surface area contributed by atoms with Crippen molar-refractivity contribution in [3.63, 3.8) is 0 Å². The number of alkyl halides is 3. The number of anilines is 2. The summed E-state index contributed by atoms with van der Waals surface area (Å²) < 4.78 is 93.9. The third-order valence-electron chi connectivity index (χ3n) is 6.61. The topological polar surface area (TPSA) is 113 Å². The first-order valence-corrected chi connectivity index (χ1v) is 15.9. The average molecular weight is 630 g/mol. The number of hydrogen-bond acceptors (Lipinski definition) is 5. The first kappa shape index (κ1) is 30.8. The van der Waals surface area contributed by atoms with Gasteiger partial charge in [-0.05, 0) is 67.8 Å². The van der Waals surface area contributed by atoms with E-state index in [-0.39, 0.29) is 35.3 Å². The van der Waals surface area contributed by atoms with Gasteiger partial charge in [-0.1, -0.05) is 41.4 Å². The van der Waals surface area contributed by atoms with Gasteiger partial charge in [0.1, 0.15) is 0 Å². The van der Waals surface area contributed by atoms with E-state index in [2.05, 4.69) is 10.0 Å². The number of halogens is 4. The van der Waals surface area contributed by atoms with Crippen LogP contribution in [0.25, 0.3) is 0 Å². The number of piperidine rings is 1. The number of nitrogens with one attached hydrogen (secondary N) is 2. The Labute approximate surface area is 241 Å². The molecule has 41 heavy (non-hydrogen) atoms. The van der Waals surface area contributed by atoms with E-state index in [0.717, 1.165) is 17.7 Å². The lowest BCUT2D eigenvalue weighted by Gasteiger charge is -2.30. The molecule has 0 radical (unpaired) electrons. The van der Waals surface area contributed by atoms with Crippen molar-refractivity contribution in [1.82, 2.24) is 4.31 Å². The number of amides is 1. The largest absolute Gasteiger partial charge is 0.417 e. The molecule has 0 spiro atoms. The van der Waals surface area contributed by atoms with Crippen molar-refractivity contribution in [2.45, 2.75) is 36.6 Å². The molecule has 0 unspecified atom stereocenters. The van der Waals surface area contributed by atoms with Crippen LogP contribution in [0.2, 0.25) is 5.02 Å². The third-order valence-corrected chi connectivity index (χ3v) is 10.2. The fourth-order valence-corrected chi connectivity index (χ4v) is 7.31. The molecule has 1 aliphatic rings. The van der Waals surface area contributed by atoms with Crippen molar-refractivity contribution in [3.8, 4) is 0 Å². The Morgan fingerprint density at radius 3 is 2.20 bits per heavy atom. The van der Waals surface area contributed by atoms with Gasteiger partial charge in [0.25, 0.3) is 10.0 Å². The van der Waals surface area contributed by atoms with E-state index in [0.29, 0.717) is 30.2 Å². The van der Waals surface area contributed by atoms with Crippen molar-refractivity contribution in [2.75, 3.05) is 23.1 Å². The summed E-state index contributed by atoms with van der Waals surface area (Å²) in [6.45, 7) is 2.30. The highest BCUT2D eigenvalue weighted by Gasteiger charge is 2.34. The lowest BCUT2D eigenvalue weighted by Crippen LogP contribution is -2.41. The Kier molecular flexibility index (Phi) is 9.02. The molecule has 220 valence electrons. The van der Waals surface area contributed by atoms with Crippen molar-refractivity contribution in [3.05, 3.63) is 88.4 Å². The smallest absolute Gasteiger partial charge is 0.326 e. The molecule has 0 saturated carbocycles.